The van der Waals surface area contributed by atoms with E-state index in [2.05, 4.69) is 4.99 Å². The van der Waals surface area contributed by atoms with Gasteiger partial charge in [-0.05, 0) is 30.7 Å². The first kappa shape index (κ1) is 18.4. The third-order valence-corrected chi connectivity index (χ3v) is 5.11. The third kappa shape index (κ3) is 4.20. The first-order chi connectivity index (χ1) is 12.6. The van der Waals surface area contributed by atoms with Gasteiger partial charge >= 0.3 is 0 Å². The Hall–Kier alpha value is -2.44. The van der Waals surface area contributed by atoms with E-state index in [0.29, 0.717) is 24.4 Å². The van der Waals surface area contributed by atoms with E-state index in [4.69, 9.17) is 9.47 Å². The smallest absolute Gasteiger partial charge is 0.252 e. The zero-order chi connectivity index (χ0) is 18.5. The van der Waals surface area contributed by atoms with Crippen molar-refractivity contribution >= 4 is 27.5 Å². The zero-order valence-corrected chi connectivity index (χ0v) is 16.0. The van der Waals surface area contributed by atoms with Crippen molar-refractivity contribution in [1.29, 1.82) is 0 Å². The summed E-state index contributed by atoms with van der Waals surface area (Å²) in [6.07, 6.45) is 0.295. The van der Waals surface area contributed by atoms with E-state index in [1.165, 1.54) is 11.3 Å². The van der Waals surface area contributed by atoms with Crippen LogP contribution in [0.4, 0.5) is 0 Å². The van der Waals surface area contributed by atoms with Crippen molar-refractivity contribution in [2.24, 2.45) is 4.99 Å². The molecular formula is C20H22N2O3S. The van der Waals surface area contributed by atoms with Gasteiger partial charge in [0.05, 0.1) is 30.4 Å². The number of carbonyl (C=O) groups excluding carboxylic acids is 1. The molecule has 3 rings (SSSR count). The Morgan fingerprint density at radius 2 is 2.04 bits per heavy atom. The number of aryl methyl sites for hydroxylation is 1. The summed E-state index contributed by atoms with van der Waals surface area (Å²) in [6.45, 7) is 3.21. The van der Waals surface area contributed by atoms with Gasteiger partial charge in [0, 0.05) is 13.7 Å². The van der Waals surface area contributed by atoms with Gasteiger partial charge in [0.2, 0.25) is 0 Å². The van der Waals surface area contributed by atoms with Crippen LogP contribution in [0.3, 0.4) is 0 Å². The van der Waals surface area contributed by atoms with E-state index in [1.54, 1.807) is 14.2 Å². The molecule has 136 valence electrons. The van der Waals surface area contributed by atoms with Gasteiger partial charge in [-0.25, -0.2) is 0 Å². The molecule has 0 atom stereocenters. The molecule has 0 bridgehead atoms. The number of carbonyl (C=O) groups is 1. The highest BCUT2D eigenvalue weighted by Crippen LogP contribution is 2.23. The Morgan fingerprint density at radius 3 is 2.77 bits per heavy atom. The number of hydrogen-bond acceptors (Lipinski definition) is 4. The average Bonchev–Trinajstić information content (AvgIpc) is 2.95. The summed E-state index contributed by atoms with van der Waals surface area (Å²) in [4.78, 5) is 17.5. The van der Waals surface area contributed by atoms with Crippen LogP contribution >= 0.6 is 11.3 Å². The maximum absolute atomic E-state index is 12.5. The maximum atomic E-state index is 12.5. The van der Waals surface area contributed by atoms with Gasteiger partial charge in [0.15, 0.2) is 4.80 Å². The number of hydrogen-bond donors (Lipinski definition) is 0. The highest BCUT2D eigenvalue weighted by molar-refractivity contribution is 7.16. The molecule has 0 N–H and O–H groups in total. The van der Waals surface area contributed by atoms with Gasteiger partial charge in [-0.3, -0.25) is 4.79 Å². The minimum Gasteiger partial charge on any atom is -0.497 e. The lowest BCUT2D eigenvalue weighted by Crippen LogP contribution is -2.19. The largest absolute Gasteiger partial charge is 0.497 e. The molecule has 0 saturated carbocycles. The summed E-state index contributed by atoms with van der Waals surface area (Å²) in [5.41, 5.74) is 3.14. The number of amides is 1. The van der Waals surface area contributed by atoms with Crippen LogP contribution in [0.15, 0.2) is 47.5 Å². The predicted molar refractivity (Wildman–Crippen MR) is 104 cm³/mol. The molecule has 5 nitrogen and oxygen atoms in total. The number of benzene rings is 2. The summed E-state index contributed by atoms with van der Waals surface area (Å²) in [7, 11) is 3.31. The fourth-order valence-electron chi connectivity index (χ4n) is 2.81. The molecule has 0 fully saturated rings. The van der Waals surface area contributed by atoms with Crippen molar-refractivity contribution in [2.45, 2.75) is 19.9 Å². The molecule has 0 saturated heterocycles. The molecule has 0 spiro atoms. The fraction of sp³-hybridized carbons (Fsp3) is 0.300. The summed E-state index contributed by atoms with van der Waals surface area (Å²) < 4.78 is 13.6. The van der Waals surface area contributed by atoms with Crippen LogP contribution in [0.1, 0.15) is 11.1 Å². The molecule has 1 aromatic heterocycles. The van der Waals surface area contributed by atoms with Crippen LogP contribution in [0.2, 0.25) is 0 Å². The Balaban J connectivity index is 1.98. The third-order valence-electron chi connectivity index (χ3n) is 4.07. The second-order valence-corrected chi connectivity index (χ2v) is 7.04. The van der Waals surface area contributed by atoms with Gasteiger partial charge in [-0.15, -0.1) is 0 Å². The summed E-state index contributed by atoms with van der Waals surface area (Å²) >= 11 is 1.49. The SMILES string of the molecule is COCCn1c(=NC(=O)Cc2cccc(C)c2)sc2cc(OC)ccc21. The van der Waals surface area contributed by atoms with E-state index in [9.17, 15) is 4.79 Å². The molecule has 0 aliphatic carbocycles. The first-order valence-electron chi connectivity index (χ1n) is 8.40. The van der Waals surface area contributed by atoms with Gasteiger partial charge < -0.3 is 14.0 Å². The van der Waals surface area contributed by atoms with Gasteiger partial charge in [0.25, 0.3) is 5.91 Å². The van der Waals surface area contributed by atoms with Crippen molar-refractivity contribution in [1.82, 2.24) is 4.57 Å². The number of methoxy groups -OCH3 is 2. The molecule has 6 heteroatoms. The van der Waals surface area contributed by atoms with Crippen LogP contribution in [-0.4, -0.2) is 31.3 Å². The van der Waals surface area contributed by atoms with E-state index >= 15 is 0 Å². The highest BCUT2D eigenvalue weighted by atomic mass is 32.1. The summed E-state index contributed by atoms with van der Waals surface area (Å²) in [5, 5.41) is 0. The summed E-state index contributed by atoms with van der Waals surface area (Å²) in [6, 6.07) is 13.8. The molecule has 2 aromatic carbocycles. The van der Waals surface area contributed by atoms with Crippen LogP contribution in [0.25, 0.3) is 10.2 Å². The zero-order valence-electron chi connectivity index (χ0n) is 15.2. The molecule has 26 heavy (non-hydrogen) atoms. The van der Waals surface area contributed by atoms with Crippen LogP contribution in [0, 0.1) is 6.92 Å². The van der Waals surface area contributed by atoms with Gasteiger partial charge in [-0.1, -0.05) is 41.2 Å². The Labute approximate surface area is 156 Å². The lowest BCUT2D eigenvalue weighted by atomic mass is 10.1. The molecular weight excluding hydrogens is 348 g/mol. The number of rotatable bonds is 6. The maximum Gasteiger partial charge on any atom is 0.252 e. The molecule has 0 aliphatic heterocycles. The Bertz CT molecular complexity index is 988. The monoisotopic (exact) mass is 370 g/mol. The minimum absolute atomic E-state index is 0.153. The van der Waals surface area contributed by atoms with E-state index in [0.717, 1.165) is 27.1 Å². The molecule has 0 unspecified atom stereocenters. The number of ether oxygens (including phenoxy) is 2. The minimum atomic E-state index is -0.153. The van der Waals surface area contributed by atoms with Gasteiger partial charge in [0.1, 0.15) is 5.75 Å². The standard InChI is InChI=1S/C20H22N2O3S/c1-14-5-4-6-15(11-14)12-19(23)21-20-22(9-10-24-2)17-8-7-16(25-3)13-18(17)26-20/h4-8,11,13H,9-10,12H2,1-3H3. The van der Waals surface area contributed by atoms with Crippen molar-refractivity contribution in [3.63, 3.8) is 0 Å². The normalized spacial score (nSPS) is 11.9. The van der Waals surface area contributed by atoms with E-state index < -0.39 is 0 Å². The van der Waals surface area contributed by atoms with Crippen molar-refractivity contribution < 1.29 is 14.3 Å². The van der Waals surface area contributed by atoms with Gasteiger partial charge in [-0.2, -0.15) is 4.99 Å². The van der Waals surface area contributed by atoms with Crippen LogP contribution < -0.4 is 9.54 Å². The average molecular weight is 370 g/mol. The number of nitrogens with zero attached hydrogens (tertiary/aromatic N) is 2. The topological polar surface area (TPSA) is 52.8 Å². The first-order valence-corrected chi connectivity index (χ1v) is 9.22. The van der Waals surface area contributed by atoms with Crippen LogP contribution in [0.5, 0.6) is 5.75 Å². The number of fused-ring (bicyclic) bond motifs is 1. The van der Waals surface area contributed by atoms with E-state index in [-0.39, 0.29) is 5.91 Å². The fourth-order valence-corrected chi connectivity index (χ4v) is 3.91. The predicted octanol–water partition coefficient (Wildman–Crippen LogP) is 3.34. The Morgan fingerprint density at radius 1 is 1.19 bits per heavy atom. The summed E-state index contributed by atoms with van der Waals surface area (Å²) in [5.74, 6) is 0.635. The lowest BCUT2D eigenvalue weighted by Gasteiger charge is -2.05. The molecule has 1 heterocycles. The van der Waals surface area contributed by atoms with E-state index in [1.807, 2.05) is 54.0 Å². The molecule has 0 radical (unpaired) electrons. The Kier molecular flexibility index (Phi) is 5.85. The van der Waals surface area contributed by atoms with Crippen molar-refractivity contribution in [3.05, 3.63) is 58.4 Å². The molecule has 3 aromatic rings. The lowest BCUT2D eigenvalue weighted by molar-refractivity contribution is -0.117. The van der Waals surface area contributed by atoms with Crippen molar-refractivity contribution in [2.75, 3.05) is 20.8 Å². The van der Waals surface area contributed by atoms with Crippen LogP contribution in [-0.2, 0) is 22.5 Å². The number of thiazole rings is 1. The second kappa shape index (κ2) is 8.29. The second-order valence-electron chi connectivity index (χ2n) is 6.03. The van der Waals surface area contributed by atoms with Crippen molar-refractivity contribution in [3.8, 4) is 5.75 Å². The highest BCUT2D eigenvalue weighted by Gasteiger charge is 2.09. The molecule has 1 amide bonds. The number of aromatic nitrogens is 1. The molecule has 0 aliphatic rings. The quantitative estimate of drug-likeness (QED) is 0.669.